The normalized spacial score (nSPS) is 15.9. The van der Waals surface area contributed by atoms with Gasteiger partial charge in [0, 0.05) is 31.7 Å². The van der Waals surface area contributed by atoms with E-state index in [-0.39, 0.29) is 12.5 Å². The van der Waals surface area contributed by atoms with Gasteiger partial charge in [-0.05, 0) is 50.1 Å². The molecule has 28 heavy (non-hydrogen) atoms. The first kappa shape index (κ1) is 20.4. The van der Waals surface area contributed by atoms with Crippen LogP contribution in [-0.2, 0) is 10.0 Å². The lowest BCUT2D eigenvalue weighted by Gasteiger charge is -2.22. The molecule has 0 N–H and O–H groups in total. The molecule has 0 atom stereocenters. The Hall–Kier alpha value is -2.38. The first-order chi connectivity index (χ1) is 13.3. The average Bonchev–Trinajstić information content (AvgIpc) is 2.95. The molecule has 1 amide bonds. The standard InChI is InChI=1S/C21H26N2O4S/c1-16-5-9-19(10-6-16)28(25,26)23-12-4-11-22(13-14-23)21(24)18-8-7-17(2)20(15-18)27-3/h5-10,15H,4,11-14H2,1-3H3. The molecule has 2 aromatic rings. The van der Waals surface area contributed by atoms with Crippen LogP contribution in [0.3, 0.4) is 0 Å². The van der Waals surface area contributed by atoms with Gasteiger partial charge in [-0.2, -0.15) is 4.31 Å². The van der Waals surface area contributed by atoms with E-state index >= 15 is 0 Å². The van der Waals surface area contributed by atoms with E-state index in [1.807, 2.05) is 19.9 Å². The van der Waals surface area contributed by atoms with Gasteiger partial charge >= 0.3 is 0 Å². The summed E-state index contributed by atoms with van der Waals surface area (Å²) < 4.78 is 32.6. The molecule has 6 nitrogen and oxygen atoms in total. The third kappa shape index (κ3) is 4.20. The predicted molar refractivity (Wildman–Crippen MR) is 108 cm³/mol. The molecule has 3 rings (SSSR count). The Morgan fingerprint density at radius 3 is 2.36 bits per heavy atom. The molecule has 2 aromatic carbocycles. The highest BCUT2D eigenvalue weighted by molar-refractivity contribution is 7.89. The molecule has 0 unspecified atom stereocenters. The van der Waals surface area contributed by atoms with Crippen LogP contribution in [0.5, 0.6) is 5.75 Å². The maximum atomic E-state index is 12.9. The van der Waals surface area contributed by atoms with Gasteiger partial charge in [0.1, 0.15) is 5.75 Å². The van der Waals surface area contributed by atoms with Crippen molar-refractivity contribution in [1.29, 1.82) is 0 Å². The van der Waals surface area contributed by atoms with Crippen molar-refractivity contribution in [3.05, 3.63) is 59.2 Å². The SMILES string of the molecule is COc1cc(C(=O)N2CCCN(S(=O)(=O)c3ccc(C)cc3)CC2)ccc1C. The van der Waals surface area contributed by atoms with E-state index in [4.69, 9.17) is 4.74 Å². The van der Waals surface area contributed by atoms with Gasteiger partial charge in [0.2, 0.25) is 10.0 Å². The predicted octanol–water partition coefficient (Wildman–Crippen LogP) is 2.85. The van der Waals surface area contributed by atoms with Gasteiger partial charge in [-0.1, -0.05) is 23.8 Å². The zero-order valence-electron chi connectivity index (χ0n) is 16.5. The van der Waals surface area contributed by atoms with E-state index < -0.39 is 10.0 Å². The Morgan fingerprint density at radius 1 is 0.964 bits per heavy atom. The van der Waals surface area contributed by atoms with Crippen LogP contribution in [0.25, 0.3) is 0 Å². The summed E-state index contributed by atoms with van der Waals surface area (Å²) in [4.78, 5) is 14.9. The molecule has 0 saturated carbocycles. The molecule has 7 heteroatoms. The second kappa shape index (κ2) is 8.32. The van der Waals surface area contributed by atoms with Crippen LogP contribution in [0.1, 0.15) is 27.9 Å². The first-order valence-corrected chi connectivity index (χ1v) is 10.8. The number of sulfonamides is 1. The molecule has 150 valence electrons. The zero-order chi connectivity index (χ0) is 20.3. The Kier molecular flexibility index (Phi) is 6.05. The van der Waals surface area contributed by atoms with E-state index in [0.717, 1.165) is 11.1 Å². The third-order valence-electron chi connectivity index (χ3n) is 5.06. The van der Waals surface area contributed by atoms with E-state index in [1.54, 1.807) is 48.4 Å². The van der Waals surface area contributed by atoms with Crippen LogP contribution in [-0.4, -0.2) is 56.8 Å². The van der Waals surface area contributed by atoms with Crippen molar-refractivity contribution < 1.29 is 17.9 Å². The number of carbonyl (C=O) groups is 1. The van der Waals surface area contributed by atoms with Crippen molar-refractivity contribution in [2.45, 2.75) is 25.2 Å². The number of benzene rings is 2. The maximum Gasteiger partial charge on any atom is 0.254 e. The molecule has 0 aromatic heterocycles. The highest BCUT2D eigenvalue weighted by Crippen LogP contribution is 2.22. The fourth-order valence-electron chi connectivity index (χ4n) is 3.33. The van der Waals surface area contributed by atoms with E-state index in [1.165, 1.54) is 4.31 Å². The molecule has 0 aliphatic carbocycles. The highest BCUT2D eigenvalue weighted by Gasteiger charge is 2.28. The Labute approximate surface area is 166 Å². The van der Waals surface area contributed by atoms with E-state index in [2.05, 4.69) is 0 Å². The quantitative estimate of drug-likeness (QED) is 0.789. The lowest BCUT2D eigenvalue weighted by atomic mass is 10.1. The largest absolute Gasteiger partial charge is 0.496 e. The summed E-state index contributed by atoms with van der Waals surface area (Å²) >= 11 is 0. The fourth-order valence-corrected chi connectivity index (χ4v) is 4.80. The third-order valence-corrected chi connectivity index (χ3v) is 6.97. The lowest BCUT2D eigenvalue weighted by Crippen LogP contribution is -2.37. The highest BCUT2D eigenvalue weighted by atomic mass is 32.2. The fraction of sp³-hybridized carbons (Fsp3) is 0.381. The molecular weight excluding hydrogens is 376 g/mol. The topological polar surface area (TPSA) is 66.9 Å². The van der Waals surface area contributed by atoms with Crippen LogP contribution < -0.4 is 4.74 Å². The molecule has 1 saturated heterocycles. The summed E-state index contributed by atoms with van der Waals surface area (Å²) in [6.45, 7) is 5.41. The van der Waals surface area contributed by atoms with Crippen molar-refractivity contribution in [1.82, 2.24) is 9.21 Å². The minimum Gasteiger partial charge on any atom is -0.496 e. The smallest absolute Gasteiger partial charge is 0.254 e. The average molecular weight is 403 g/mol. The van der Waals surface area contributed by atoms with Gasteiger partial charge in [0.25, 0.3) is 5.91 Å². The van der Waals surface area contributed by atoms with Gasteiger partial charge in [0.05, 0.1) is 12.0 Å². The molecule has 1 aliphatic heterocycles. The number of hydrogen-bond donors (Lipinski definition) is 0. The van der Waals surface area contributed by atoms with Crippen molar-refractivity contribution in [3.63, 3.8) is 0 Å². The summed E-state index contributed by atoms with van der Waals surface area (Å²) in [5.41, 5.74) is 2.53. The van der Waals surface area contributed by atoms with Gasteiger partial charge in [-0.3, -0.25) is 4.79 Å². The van der Waals surface area contributed by atoms with Gasteiger partial charge < -0.3 is 9.64 Å². The number of hydrogen-bond acceptors (Lipinski definition) is 4. The molecular formula is C21H26N2O4S. The van der Waals surface area contributed by atoms with Crippen molar-refractivity contribution >= 4 is 15.9 Å². The summed E-state index contributed by atoms with van der Waals surface area (Å²) in [6, 6.07) is 12.2. The van der Waals surface area contributed by atoms with Crippen molar-refractivity contribution in [3.8, 4) is 5.75 Å². The first-order valence-electron chi connectivity index (χ1n) is 9.33. The second-order valence-electron chi connectivity index (χ2n) is 7.05. The minimum absolute atomic E-state index is 0.104. The van der Waals surface area contributed by atoms with Gasteiger partial charge in [0.15, 0.2) is 0 Å². The number of aryl methyl sites for hydroxylation is 2. The summed E-state index contributed by atoms with van der Waals surface area (Å²) in [5.74, 6) is 0.567. The number of methoxy groups -OCH3 is 1. The van der Waals surface area contributed by atoms with Crippen LogP contribution in [0.15, 0.2) is 47.4 Å². The van der Waals surface area contributed by atoms with Crippen molar-refractivity contribution in [2.24, 2.45) is 0 Å². The maximum absolute atomic E-state index is 12.9. The molecule has 1 aliphatic rings. The van der Waals surface area contributed by atoms with Gasteiger partial charge in [-0.15, -0.1) is 0 Å². The lowest BCUT2D eigenvalue weighted by molar-refractivity contribution is 0.0764. The molecule has 1 fully saturated rings. The Morgan fingerprint density at radius 2 is 1.68 bits per heavy atom. The van der Waals surface area contributed by atoms with E-state index in [0.29, 0.717) is 42.3 Å². The zero-order valence-corrected chi connectivity index (χ0v) is 17.3. The summed E-state index contributed by atoms with van der Waals surface area (Å²) in [7, 11) is -1.98. The number of ether oxygens (including phenoxy) is 1. The molecule has 0 spiro atoms. The van der Waals surface area contributed by atoms with Crippen LogP contribution >= 0.6 is 0 Å². The van der Waals surface area contributed by atoms with Crippen LogP contribution in [0, 0.1) is 13.8 Å². The van der Waals surface area contributed by atoms with Gasteiger partial charge in [-0.25, -0.2) is 8.42 Å². The molecule has 0 radical (unpaired) electrons. The number of rotatable bonds is 4. The monoisotopic (exact) mass is 402 g/mol. The number of nitrogens with zero attached hydrogens (tertiary/aromatic N) is 2. The summed E-state index contributed by atoms with van der Waals surface area (Å²) in [5, 5.41) is 0. The number of carbonyl (C=O) groups excluding carboxylic acids is 1. The minimum atomic E-state index is -3.56. The molecule has 1 heterocycles. The van der Waals surface area contributed by atoms with Crippen LogP contribution in [0.4, 0.5) is 0 Å². The van der Waals surface area contributed by atoms with E-state index in [9.17, 15) is 13.2 Å². The summed E-state index contributed by atoms with van der Waals surface area (Å²) in [6.07, 6.45) is 0.597. The Balaban J connectivity index is 1.74. The Bertz CT molecular complexity index is 955. The number of amides is 1. The molecule has 0 bridgehead atoms. The van der Waals surface area contributed by atoms with Crippen molar-refractivity contribution in [2.75, 3.05) is 33.3 Å². The van der Waals surface area contributed by atoms with Crippen LogP contribution in [0.2, 0.25) is 0 Å². The second-order valence-corrected chi connectivity index (χ2v) is 8.99.